The van der Waals surface area contributed by atoms with E-state index in [1.165, 1.54) is 10.6 Å². The summed E-state index contributed by atoms with van der Waals surface area (Å²) in [7, 11) is -3.54. The first kappa shape index (κ1) is 30.4. The molecule has 204 valence electrons. The lowest BCUT2D eigenvalue weighted by molar-refractivity contribution is -0.141. The van der Waals surface area contributed by atoms with Crippen LogP contribution in [0.5, 0.6) is 0 Å². The first-order valence-electron chi connectivity index (χ1n) is 13.1. The molecule has 37 heavy (non-hydrogen) atoms. The molecule has 0 aliphatic heterocycles. The third kappa shape index (κ3) is 8.88. The van der Waals surface area contributed by atoms with E-state index in [4.69, 9.17) is 0 Å². The SMILES string of the molecule is CC[C@H](C(=O)N[C@@H](C)CC)N(Cc1cccc(C)c1)C(=O)CCCN(c1cc(C)ccc1C)S(C)(=O)=O. The van der Waals surface area contributed by atoms with Crippen molar-refractivity contribution in [2.45, 2.75) is 85.9 Å². The van der Waals surface area contributed by atoms with Crippen molar-refractivity contribution in [3.05, 3.63) is 64.7 Å². The van der Waals surface area contributed by atoms with Crippen LogP contribution in [-0.2, 0) is 26.2 Å². The molecule has 0 aromatic heterocycles. The molecule has 7 nitrogen and oxygen atoms in total. The molecule has 0 bridgehead atoms. The van der Waals surface area contributed by atoms with Crippen LogP contribution < -0.4 is 9.62 Å². The van der Waals surface area contributed by atoms with Gasteiger partial charge in [-0.3, -0.25) is 13.9 Å². The van der Waals surface area contributed by atoms with E-state index in [9.17, 15) is 18.0 Å². The Morgan fingerprint density at radius 3 is 2.24 bits per heavy atom. The molecule has 0 fully saturated rings. The molecular formula is C29H43N3O4S. The maximum Gasteiger partial charge on any atom is 0.243 e. The van der Waals surface area contributed by atoms with Gasteiger partial charge in [0.2, 0.25) is 21.8 Å². The van der Waals surface area contributed by atoms with Gasteiger partial charge in [-0.05, 0) is 69.7 Å². The van der Waals surface area contributed by atoms with Crippen molar-refractivity contribution in [3.63, 3.8) is 0 Å². The zero-order valence-corrected chi connectivity index (χ0v) is 24.2. The molecule has 1 N–H and O–H groups in total. The smallest absolute Gasteiger partial charge is 0.243 e. The van der Waals surface area contributed by atoms with Crippen molar-refractivity contribution >= 4 is 27.5 Å². The number of amides is 2. The summed E-state index contributed by atoms with van der Waals surface area (Å²) < 4.78 is 26.6. The highest BCUT2D eigenvalue weighted by molar-refractivity contribution is 7.92. The Morgan fingerprint density at radius 2 is 1.65 bits per heavy atom. The van der Waals surface area contributed by atoms with Crippen molar-refractivity contribution in [1.82, 2.24) is 10.2 Å². The fraction of sp³-hybridized carbons (Fsp3) is 0.517. The van der Waals surface area contributed by atoms with Crippen LogP contribution in [0, 0.1) is 20.8 Å². The van der Waals surface area contributed by atoms with E-state index in [1.807, 2.05) is 84.0 Å². The standard InChI is InChI=1S/C29H43N3O4S/c1-8-24(6)30-29(34)26(9-2)31(20-25-13-10-12-21(3)18-25)28(33)14-11-17-32(37(7,35)36)27-19-22(4)15-16-23(27)5/h10,12-13,15-16,18-19,24,26H,8-9,11,14,17,20H2,1-7H3,(H,30,34)/t24-,26+/m0/s1. The molecule has 2 rings (SSSR count). The molecule has 8 heteroatoms. The van der Waals surface area contributed by atoms with Crippen LogP contribution in [-0.4, -0.2) is 50.0 Å². The van der Waals surface area contributed by atoms with Gasteiger partial charge in [0.25, 0.3) is 0 Å². The Balaban J connectivity index is 2.26. The van der Waals surface area contributed by atoms with Gasteiger partial charge in [0.05, 0.1) is 11.9 Å². The monoisotopic (exact) mass is 529 g/mol. The number of carbonyl (C=O) groups excluding carboxylic acids is 2. The number of hydrogen-bond donors (Lipinski definition) is 1. The predicted octanol–water partition coefficient (Wildman–Crippen LogP) is 4.88. The molecule has 0 radical (unpaired) electrons. The van der Waals surface area contributed by atoms with Crippen molar-refractivity contribution in [2.75, 3.05) is 17.1 Å². The van der Waals surface area contributed by atoms with E-state index >= 15 is 0 Å². The number of carbonyl (C=O) groups is 2. The summed E-state index contributed by atoms with van der Waals surface area (Å²) in [5, 5.41) is 3.02. The van der Waals surface area contributed by atoms with Gasteiger partial charge in [-0.25, -0.2) is 8.42 Å². The molecular weight excluding hydrogens is 486 g/mol. The van der Waals surface area contributed by atoms with Crippen LogP contribution in [0.3, 0.4) is 0 Å². The summed E-state index contributed by atoms with van der Waals surface area (Å²) in [4.78, 5) is 28.3. The van der Waals surface area contributed by atoms with Crippen LogP contribution in [0.25, 0.3) is 0 Å². The first-order chi connectivity index (χ1) is 17.4. The molecule has 2 aromatic carbocycles. The molecule has 0 aliphatic rings. The molecule has 2 atom stereocenters. The second-order valence-corrected chi connectivity index (χ2v) is 11.9. The molecule has 0 spiro atoms. The normalized spacial score (nSPS) is 13.1. The Bertz CT molecular complexity index is 1180. The van der Waals surface area contributed by atoms with E-state index in [-0.39, 0.29) is 30.8 Å². The third-order valence-corrected chi connectivity index (χ3v) is 7.79. The maximum absolute atomic E-state index is 13.6. The van der Waals surface area contributed by atoms with Gasteiger partial charge in [0.1, 0.15) is 6.04 Å². The Kier molecular flexibility index (Phi) is 11.2. The average molecular weight is 530 g/mol. The van der Waals surface area contributed by atoms with Crippen LogP contribution in [0.1, 0.15) is 68.7 Å². The number of nitrogens with zero attached hydrogens (tertiary/aromatic N) is 2. The number of rotatable bonds is 13. The topological polar surface area (TPSA) is 86.8 Å². The van der Waals surface area contributed by atoms with E-state index in [0.717, 1.165) is 28.7 Å². The Hall–Kier alpha value is -2.87. The Labute approximate surface area is 223 Å². The molecule has 0 aliphatic carbocycles. The third-order valence-electron chi connectivity index (χ3n) is 6.61. The lowest BCUT2D eigenvalue weighted by Gasteiger charge is -2.32. The van der Waals surface area contributed by atoms with E-state index in [0.29, 0.717) is 25.1 Å². The zero-order chi connectivity index (χ0) is 27.8. The van der Waals surface area contributed by atoms with Gasteiger partial charge in [0.15, 0.2) is 0 Å². The van der Waals surface area contributed by atoms with E-state index in [1.54, 1.807) is 4.90 Å². The Morgan fingerprint density at radius 1 is 0.973 bits per heavy atom. The largest absolute Gasteiger partial charge is 0.352 e. The molecule has 2 amide bonds. The van der Waals surface area contributed by atoms with Crippen molar-refractivity contribution < 1.29 is 18.0 Å². The summed E-state index contributed by atoms with van der Waals surface area (Å²) in [6.45, 7) is 12.2. The van der Waals surface area contributed by atoms with Crippen molar-refractivity contribution in [2.24, 2.45) is 0 Å². The lowest BCUT2D eigenvalue weighted by atomic mass is 10.1. The highest BCUT2D eigenvalue weighted by Gasteiger charge is 2.29. The minimum atomic E-state index is -3.54. The van der Waals surface area contributed by atoms with Crippen LogP contribution in [0.15, 0.2) is 42.5 Å². The highest BCUT2D eigenvalue weighted by atomic mass is 32.2. The van der Waals surface area contributed by atoms with E-state index < -0.39 is 16.1 Å². The molecule has 0 saturated heterocycles. The zero-order valence-electron chi connectivity index (χ0n) is 23.4. The fourth-order valence-electron chi connectivity index (χ4n) is 4.34. The lowest BCUT2D eigenvalue weighted by Crippen LogP contribution is -2.50. The van der Waals surface area contributed by atoms with Crippen LogP contribution >= 0.6 is 0 Å². The summed E-state index contributed by atoms with van der Waals surface area (Å²) in [5.41, 5.74) is 4.49. The summed E-state index contributed by atoms with van der Waals surface area (Å²) >= 11 is 0. The predicted molar refractivity (Wildman–Crippen MR) is 151 cm³/mol. The minimum absolute atomic E-state index is 0.0124. The average Bonchev–Trinajstić information content (AvgIpc) is 2.82. The summed E-state index contributed by atoms with van der Waals surface area (Å²) in [6.07, 6.45) is 2.95. The number of anilines is 1. The number of aryl methyl sites for hydroxylation is 3. The van der Waals surface area contributed by atoms with Crippen molar-refractivity contribution in [1.29, 1.82) is 0 Å². The van der Waals surface area contributed by atoms with Gasteiger partial charge in [-0.15, -0.1) is 0 Å². The second kappa shape index (κ2) is 13.6. The van der Waals surface area contributed by atoms with Gasteiger partial charge in [-0.1, -0.05) is 55.8 Å². The van der Waals surface area contributed by atoms with E-state index in [2.05, 4.69) is 5.32 Å². The number of benzene rings is 2. The second-order valence-electron chi connectivity index (χ2n) is 9.98. The summed E-state index contributed by atoms with van der Waals surface area (Å²) in [6, 6.07) is 13.0. The van der Waals surface area contributed by atoms with Gasteiger partial charge in [0, 0.05) is 25.6 Å². The van der Waals surface area contributed by atoms with Crippen LogP contribution in [0.4, 0.5) is 5.69 Å². The molecule has 0 saturated carbocycles. The minimum Gasteiger partial charge on any atom is -0.352 e. The number of nitrogens with one attached hydrogen (secondary N) is 1. The highest BCUT2D eigenvalue weighted by Crippen LogP contribution is 2.25. The van der Waals surface area contributed by atoms with Gasteiger partial charge in [-0.2, -0.15) is 0 Å². The maximum atomic E-state index is 13.6. The van der Waals surface area contributed by atoms with Crippen molar-refractivity contribution in [3.8, 4) is 0 Å². The molecule has 0 unspecified atom stereocenters. The number of sulfonamides is 1. The number of hydrogen-bond acceptors (Lipinski definition) is 4. The first-order valence-corrected chi connectivity index (χ1v) is 14.9. The van der Waals surface area contributed by atoms with Gasteiger partial charge >= 0.3 is 0 Å². The fourth-order valence-corrected chi connectivity index (χ4v) is 5.35. The quantitative estimate of drug-likeness (QED) is 0.401. The van der Waals surface area contributed by atoms with Gasteiger partial charge < -0.3 is 10.2 Å². The summed E-state index contributed by atoms with van der Waals surface area (Å²) in [5.74, 6) is -0.326. The van der Waals surface area contributed by atoms with Crippen LogP contribution in [0.2, 0.25) is 0 Å². The molecule has 0 heterocycles. The molecule has 2 aromatic rings.